The van der Waals surface area contributed by atoms with Crippen molar-refractivity contribution in [1.29, 1.82) is 0 Å². The monoisotopic (exact) mass is 306 g/mol. The summed E-state index contributed by atoms with van der Waals surface area (Å²) >= 11 is 0. The van der Waals surface area contributed by atoms with Crippen LogP contribution in [0.1, 0.15) is 24.7 Å². The van der Waals surface area contributed by atoms with Gasteiger partial charge in [0.2, 0.25) is 0 Å². The summed E-state index contributed by atoms with van der Waals surface area (Å²) in [6.07, 6.45) is 1.03. The van der Waals surface area contributed by atoms with Crippen LogP contribution in [0.2, 0.25) is 0 Å². The third kappa shape index (κ3) is 2.10. The lowest BCUT2D eigenvalue weighted by Crippen LogP contribution is -2.08. The first-order chi connectivity index (χ1) is 11.2. The van der Waals surface area contributed by atoms with Gasteiger partial charge in [-0.05, 0) is 32.4 Å². The first-order valence-electron chi connectivity index (χ1n) is 7.84. The molecule has 0 bridgehead atoms. The fourth-order valence-electron chi connectivity index (χ4n) is 3.07. The Balaban J connectivity index is 2.03. The Morgan fingerprint density at radius 2 is 1.91 bits per heavy atom. The van der Waals surface area contributed by atoms with Gasteiger partial charge in [-0.15, -0.1) is 10.2 Å². The van der Waals surface area contributed by atoms with Crippen molar-refractivity contribution < 1.29 is 0 Å². The summed E-state index contributed by atoms with van der Waals surface area (Å²) in [7, 11) is 0. The van der Waals surface area contributed by atoms with Crippen molar-refractivity contribution in [3.63, 3.8) is 0 Å². The molecule has 0 unspecified atom stereocenters. The van der Waals surface area contributed by atoms with Crippen molar-refractivity contribution in [1.82, 2.24) is 29.5 Å². The SMILES string of the molecule is CCCn1c2ccccc2c2nnc(-n3nc(C)cc3C)nc21. The maximum absolute atomic E-state index is 4.77. The van der Waals surface area contributed by atoms with Crippen LogP contribution >= 0.6 is 0 Å². The molecule has 4 aromatic rings. The van der Waals surface area contributed by atoms with E-state index in [9.17, 15) is 0 Å². The van der Waals surface area contributed by atoms with Crippen LogP contribution in [0.15, 0.2) is 30.3 Å². The van der Waals surface area contributed by atoms with E-state index in [0.29, 0.717) is 5.95 Å². The van der Waals surface area contributed by atoms with Gasteiger partial charge in [0.1, 0.15) is 5.52 Å². The molecule has 0 amide bonds. The van der Waals surface area contributed by atoms with Gasteiger partial charge in [-0.2, -0.15) is 10.1 Å². The average molecular weight is 306 g/mol. The second-order valence-electron chi connectivity index (χ2n) is 5.79. The van der Waals surface area contributed by atoms with E-state index >= 15 is 0 Å². The predicted octanol–water partition coefficient (Wildman–Crippen LogP) is 3.19. The predicted molar refractivity (Wildman–Crippen MR) is 89.7 cm³/mol. The third-order valence-electron chi connectivity index (χ3n) is 4.01. The summed E-state index contributed by atoms with van der Waals surface area (Å²) in [5.74, 6) is 0.517. The van der Waals surface area contributed by atoms with Gasteiger partial charge in [0.25, 0.3) is 5.95 Å². The number of aryl methyl sites for hydroxylation is 3. The average Bonchev–Trinajstić information content (AvgIpc) is 3.05. The lowest BCUT2D eigenvalue weighted by atomic mass is 10.2. The molecule has 23 heavy (non-hydrogen) atoms. The van der Waals surface area contributed by atoms with Crippen molar-refractivity contribution in [2.24, 2.45) is 0 Å². The van der Waals surface area contributed by atoms with Crippen LogP contribution in [0, 0.1) is 13.8 Å². The molecule has 0 radical (unpaired) electrons. The van der Waals surface area contributed by atoms with Crippen LogP contribution in [-0.4, -0.2) is 29.5 Å². The molecular weight excluding hydrogens is 288 g/mol. The minimum absolute atomic E-state index is 0.517. The lowest BCUT2D eigenvalue weighted by molar-refractivity contribution is 0.705. The molecule has 1 aromatic carbocycles. The smallest absolute Gasteiger partial charge is 0.272 e. The highest BCUT2D eigenvalue weighted by molar-refractivity contribution is 6.04. The van der Waals surface area contributed by atoms with E-state index in [-0.39, 0.29) is 0 Å². The Labute approximate surface area is 133 Å². The normalized spacial score (nSPS) is 11.6. The second-order valence-corrected chi connectivity index (χ2v) is 5.79. The summed E-state index contributed by atoms with van der Waals surface area (Å²) in [6.45, 7) is 7.02. The summed E-state index contributed by atoms with van der Waals surface area (Å²) in [5, 5.41) is 14.3. The van der Waals surface area contributed by atoms with Crippen LogP contribution in [0.25, 0.3) is 28.0 Å². The van der Waals surface area contributed by atoms with Crippen LogP contribution in [-0.2, 0) is 6.54 Å². The van der Waals surface area contributed by atoms with Gasteiger partial charge in [0, 0.05) is 17.6 Å². The van der Waals surface area contributed by atoms with Crippen LogP contribution in [0.3, 0.4) is 0 Å². The molecule has 6 nitrogen and oxygen atoms in total. The minimum Gasteiger partial charge on any atom is -0.324 e. The highest BCUT2D eigenvalue weighted by Gasteiger charge is 2.15. The first kappa shape index (κ1) is 13.9. The van der Waals surface area contributed by atoms with Crippen molar-refractivity contribution >= 4 is 22.1 Å². The fraction of sp³-hybridized carbons (Fsp3) is 0.294. The number of benzene rings is 1. The molecule has 4 rings (SSSR count). The quantitative estimate of drug-likeness (QED) is 0.583. The van der Waals surface area contributed by atoms with Crippen molar-refractivity contribution in [3.05, 3.63) is 41.7 Å². The number of aromatic nitrogens is 6. The molecule has 116 valence electrons. The Morgan fingerprint density at radius 3 is 2.65 bits per heavy atom. The van der Waals surface area contributed by atoms with Crippen molar-refractivity contribution in [3.8, 4) is 5.95 Å². The topological polar surface area (TPSA) is 61.4 Å². The van der Waals surface area contributed by atoms with Crippen LogP contribution < -0.4 is 0 Å². The molecule has 0 aliphatic carbocycles. The van der Waals surface area contributed by atoms with Gasteiger partial charge >= 0.3 is 0 Å². The molecule has 0 fully saturated rings. The van der Waals surface area contributed by atoms with E-state index in [1.165, 1.54) is 0 Å². The molecule has 0 saturated heterocycles. The molecule has 0 spiro atoms. The summed E-state index contributed by atoms with van der Waals surface area (Å²) in [4.78, 5) is 4.77. The molecule has 0 aliphatic rings. The summed E-state index contributed by atoms with van der Waals surface area (Å²) in [5.41, 5.74) is 4.81. The fourth-order valence-corrected chi connectivity index (χ4v) is 3.07. The first-order valence-corrected chi connectivity index (χ1v) is 7.84. The zero-order valence-electron chi connectivity index (χ0n) is 13.5. The van der Waals surface area contributed by atoms with E-state index in [4.69, 9.17) is 4.98 Å². The van der Waals surface area contributed by atoms with Gasteiger partial charge < -0.3 is 4.57 Å². The van der Waals surface area contributed by atoms with E-state index in [1.807, 2.05) is 32.0 Å². The molecule has 3 heterocycles. The molecular formula is C17H18N6. The van der Waals surface area contributed by atoms with Gasteiger partial charge in [0.05, 0.1) is 11.2 Å². The number of para-hydroxylation sites is 1. The Hall–Kier alpha value is -2.76. The Kier molecular flexibility index (Phi) is 3.11. The van der Waals surface area contributed by atoms with Crippen LogP contribution in [0.4, 0.5) is 0 Å². The van der Waals surface area contributed by atoms with Gasteiger partial charge in [-0.1, -0.05) is 25.1 Å². The van der Waals surface area contributed by atoms with Crippen molar-refractivity contribution in [2.45, 2.75) is 33.7 Å². The molecule has 6 heteroatoms. The molecule has 3 aromatic heterocycles. The van der Waals surface area contributed by atoms with Gasteiger partial charge in [-0.3, -0.25) is 0 Å². The van der Waals surface area contributed by atoms with E-state index < -0.39 is 0 Å². The number of hydrogen-bond acceptors (Lipinski definition) is 4. The maximum Gasteiger partial charge on any atom is 0.272 e. The van der Waals surface area contributed by atoms with Gasteiger partial charge in [0.15, 0.2) is 5.65 Å². The zero-order chi connectivity index (χ0) is 16.0. The van der Waals surface area contributed by atoms with E-state index in [1.54, 1.807) is 4.68 Å². The van der Waals surface area contributed by atoms with E-state index in [2.05, 4.69) is 38.9 Å². The molecule has 0 N–H and O–H groups in total. The number of nitrogens with zero attached hydrogens (tertiary/aromatic N) is 6. The molecule has 0 aliphatic heterocycles. The molecule has 0 saturated carbocycles. The minimum atomic E-state index is 0.517. The standard InChI is InChI=1S/C17H18N6/c1-4-9-22-14-8-6-5-7-13(14)15-16(22)18-17(20-19-15)23-12(3)10-11(2)21-23/h5-8,10H,4,9H2,1-3H3. The molecule has 0 atom stereocenters. The maximum atomic E-state index is 4.77. The summed E-state index contributed by atoms with van der Waals surface area (Å²) < 4.78 is 3.96. The second kappa shape index (κ2) is 5.15. The lowest BCUT2D eigenvalue weighted by Gasteiger charge is -2.05. The van der Waals surface area contributed by atoms with E-state index in [0.717, 1.165) is 46.4 Å². The number of rotatable bonds is 3. The largest absolute Gasteiger partial charge is 0.324 e. The highest BCUT2D eigenvalue weighted by Crippen LogP contribution is 2.26. The Bertz CT molecular complexity index is 1010. The number of hydrogen-bond donors (Lipinski definition) is 0. The Morgan fingerprint density at radius 1 is 1.09 bits per heavy atom. The number of fused-ring (bicyclic) bond motifs is 3. The van der Waals surface area contributed by atoms with Gasteiger partial charge in [-0.25, -0.2) is 4.68 Å². The highest BCUT2D eigenvalue weighted by atomic mass is 15.4. The third-order valence-corrected chi connectivity index (χ3v) is 4.01. The summed E-state index contributed by atoms with van der Waals surface area (Å²) in [6, 6.07) is 10.3. The zero-order valence-corrected chi connectivity index (χ0v) is 13.5. The van der Waals surface area contributed by atoms with Crippen LogP contribution in [0.5, 0.6) is 0 Å². The van der Waals surface area contributed by atoms with Crippen molar-refractivity contribution in [2.75, 3.05) is 0 Å².